The molecule has 2 amide bonds. The van der Waals surface area contributed by atoms with Crippen LogP contribution in [-0.4, -0.2) is 16.9 Å². The summed E-state index contributed by atoms with van der Waals surface area (Å²) in [6.07, 6.45) is 1.58. The molecule has 7 heteroatoms. The molecule has 5 rings (SSSR count). The molecule has 5 nitrogen and oxygen atoms in total. The molecule has 1 aliphatic rings. The van der Waals surface area contributed by atoms with Crippen LogP contribution in [0.15, 0.2) is 109 Å². The van der Waals surface area contributed by atoms with E-state index in [1.165, 1.54) is 4.90 Å². The van der Waals surface area contributed by atoms with E-state index in [9.17, 15) is 9.59 Å². The van der Waals surface area contributed by atoms with E-state index in [1.807, 2.05) is 72.8 Å². The summed E-state index contributed by atoms with van der Waals surface area (Å²) in [5, 5.41) is 3.24. The van der Waals surface area contributed by atoms with E-state index in [2.05, 4.69) is 5.32 Å². The first-order valence-corrected chi connectivity index (χ1v) is 11.9. The quantitative estimate of drug-likeness (QED) is 0.186. The van der Waals surface area contributed by atoms with Crippen molar-refractivity contribution in [1.82, 2.24) is 5.32 Å². The minimum absolute atomic E-state index is 0.0157. The van der Waals surface area contributed by atoms with Crippen LogP contribution in [0.4, 0.5) is 5.69 Å². The second-order valence-corrected chi connectivity index (χ2v) is 8.79. The molecular formula is C29H19ClN2O3S. The number of nitrogens with one attached hydrogen (secondary N) is 1. The Morgan fingerprint density at radius 3 is 2.25 bits per heavy atom. The lowest BCUT2D eigenvalue weighted by molar-refractivity contribution is -0.122. The Kier molecular flexibility index (Phi) is 6.62. The third-order valence-corrected chi connectivity index (χ3v) is 6.09. The van der Waals surface area contributed by atoms with Crippen molar-refractivity contribution < 1.29 is 14.3 Å². The number of halogens is 1. The monoisotopic (exact) mass is 510 g/mol. The first-order valence-electron chi connectivity index (χ1n) is 11.1. The molecule has 36 heavy (non-hydrogen) atoms. The molecule has 1 saturated heterocycles. The summed E-state index contributed by atoms with van der Waals surface area (Å²) in [6.45, 7) is 0. The van der Waals surface area contributed by atoms with Crippen LogP contribution in [0.2, 0.25) is 5.02 Å². The molecule has 0 atom stereocenters. The lowest BCUT2D eigenvalue weighted by Gasteiger charge is -2.29. The summed E-state index contributed by atoms with van der Waals surface area (Å²) >= 11 is 11.5. The highest BCUT2D eigenvalue weighted by Gasteiger charge is 2.34. The fourth-order valence-corrected chi connectivity index (χ4v) is 4.35. The Morgan fingerprint density at radius 1 is 0.806 bits per heavy atom. The largest absolute Gasteiger partial charge is 0.457 e. The highest BCUT2D eigenvalue weighted by Crippen LogP contribution is 2.30. The second kappa shape index (κ2) is 10.2. The minimum atomic E-state index is -0.550. The number of thiocarbonyl (C=S) groups is 1. The lowest BCUT2D eigenvalue weighted by Crippen LogP contribution is -2.54. The first kappa shape index (κ1) is 23.5. The predicted molar refractivity (Wildman–Crippen MR) is 146 cm³/mol. The molecular weight excluding hydrogens is 492 g/mol. The normalized spacial score (nSPS) is 14.6. The molecule has 0 unspecified atom stereocenters. The summed E-state index contributed by atoms with van der Waals surface area (Å²) < 4.78 is 5.83. The zero-order valence-electron chi connectivity index (χ0n) is 18.9. The van der Waals surface area contributed by atoms with Gasteiger partial charge in [-0.1, -0.05) is 66.2 Å². The van der Waals surface area contributed by atoms with Gasteiger partial charge in [-0.05, 0) is 83.5 Å². The van der Waals surface area contributed by atoms with Crippen molar-refractivity contribution >= 4 is 52.5 Å². The molecule has 0 spiro atoms. The molecule has 1 N–H and O–H groups in total. The second-order valence-electron chi connectivity index (χ2n) is 7.96. The van der Waals surface area contributed by atoms with E-state index in [0.29, 0.717) is 27.8 Å². The molecule has 4 aromatic carbocycles. The number of ether oxygens (including phenoxy) is 1. The Bertz CT molecular complexity index is 1500. The van der Waals surface area contributed by atoms with Gasteiger partial charge in [0.25, 0.3) is 11.8 Å². The number of carbonyl (C=O) groups is 2. The molecule has 0 bridgehead atoms. The number of hydrogen-bond acceptors (Lipinski definition) is 4. The lowest BCUT2D eigenvalue weighted by atomic mass is 9.97. The van der Waals surface area contributed by atoms with Gasteiger partial charge in [-0.25, -0.2) is 0 Å². The van der Waals surface area contributed by atoms with Gasteiger partial charge in [0.05, 0.1) is 5.69 Å². The molecule has 1 aliphatic heterocycles. The molecule has 176 valence electrons. The standard InChI is InChI=1S/C29H19ClN2O3S/c30-21-9-6-8-19(17-21)25-12-5-4-7-20(25)18-26-27(33)31-29(36)32(28(26)34)22-13-15-24(16-14-22)35-23-10-2-1-3-11-23/h1-18H,(H,31,33,36)/b26-18+. The first-order chi connectivity index (χ1) is 17.5. The SMILES string of the molecule is O=C1NC(=S)N(c2ccc(Oc3ccccc3)cc2)C(=O)/C1=C/c1ccccc1-c1cccc(Cl)c1. The van der Waals surface area contributed by atoms with E-state index in [1.54, 1.807) is 36.4 Å². The average molecular weight is 511 g/mol. The van der Waals surface area contributed by atoms with Gasteiger partial charge in [0.2, 0.25) is 0 Å². The minimum Gasteiger partial charge on any atom is -0.457 e. The third-order valence-electron chi connectivity index (χ3n) is 5.57. The smallest absolute Gasteiger partial charge is 0.270 e. The predicted octanol–water partition coefficient (Wildman–Crippen LogP) is 6.63. The molecule has 4 aromatic rings. The van der Waals surface area contributed by atoms with Crippen LogP contribution in [0.25, 0.3) is 17.2 Å². The van der Waals surface area contributed by atoms with Crippen molar-refractivity contribution in [3.63, 3.8) is 0 Å². The van der Waals surface area contributed by atoms with Gasteiger partial charge in [0.15, 0.2) is 5.11 Å². The van der Waals surface area contributed by atoms with Gasteiger partial charge in [-0.3, -0.25) is 19.8 Å². The van der Waals surface area contributed by atoms with E-state index in [-0.39, 0.29) is 10.7 Å². The van der Waals surface area contributed by atoms with Gasteiger partial charge in [0, 0.05) is 5.02 Å². The Hall–Kier alpha value is -4.26. The van der Waals surface area contributed by atoms with Crippen molar-refractivity contribution in [3.05, 3.63) is 119 Å². The van der Waals surface area contributed by atoms with Crippen molar-refractivity contribution in [1.29, 1.82) is 0 Å². The van der Waals surface area contributed by atoms with Gasteiger partial charge in [-0.2, -0.15) is 0 Å². The van der Waals surface area contributed by atoms with Crippen LogP contribution in [0.5, 0.6) is 11.5 Å². The summed E-state index contributed by atoms with van der Waals surface area (Å²) in [5.41, 5.74) is 2.91. The molecule has 1 heterocycles. The number of para-hydroxylation sites is 1. The van der Waals surface area contributed by atoms with Gasteiger partial charge in [0.1, 0.15) is 17.1 Å². The van der Waals surface area contributed by atoms with Crippen LogP contribution in [0, 0.1) is 0 Å². The van der Waals surface area contributed by atoms with E-state index in [4.69, 9.17) is 28.6 Å². The van der Waals surface area contributed by atoms with Crippen LogP contribution >= 0.6 is 23.8 Å². The van der Waals surface area contributed by atoms with Gasteiger partial charge in [-0.15, -0.1) is 0 Å². The summed E-state index contributed by atoms with van der Waals surface area (Å²) in [5.74, 6) is 0.244. The highest BCUT2D eigenvalue weighted by molar-refractivity contribution is 7.80. The number of nitrogens with zero attached hydrogens (tertiary/aromatic N) is 1. The number of hydrogen-bond donors (Lipinski definition) is 1. The maximum absolute atomic E-state index is 13.5. The van der Waals surface area contributed by atoms with Crippen molar-refractivity contribution in [2.45, 2.75) is 0 Å². The summed E-state index contributed by atoms with van der Waals surface area (Å²) in [4.78, 5) is 27.6. The number of anilines is 1. The van der Waals surface area contributed by atoms with Crippen LogP contribution in [0.1, 0.15) is 5.56 Å². The van der Waals surface area contributed by atoms with Crippen molar-refractivity contribution in [2.24, 2.45) is 0 Å². The molecule has 0 aromatic heterocycles. The Morgan fingerprint density at radius 2 is 1.50 bits per heavy atom. The molecule has 0 saturated carbocycles. The Balaban J connectivity index is 1.46. The number of rotatable bonds is 5. The van der Waals surface area contributed by atoms with Crippen molar-refractivity contribution in [3.8, 4) is 22.6 Å². The number of benzene rings is 4. The highest BCUT2D eigenvalue weighted by atomic mass is 35.5. The van der Waals surface area contributed by atoms with Gasteiger partial charge >= 0.3 is 0 Å². The molecule has 1 fully saturated rings. The zero-order valence-corrected chi connectivity index (χ0v) is 20.4. The number of amides is 2. The Labute approximate surface area is 218 Å². The fraction of sp³-hybridized carbons (Fsp3) is 0. The van der Waals surface area contributed by atoms with Gasteiger partial charge < -0.3 is 4.74 Å². The number of carbonyl (C=O) groups excluding carboxylic acids is 2. The van der Waals surface area contributed by atoms with E-state index >= 15 is 0 Å². The van der Waals surface area contributed by atoms with E-state index < -0.39 is 11.8 Å². The third kappa shape index (κ3) is 4.91. The van der Waals surface area contributed by atoms with Crippen LogP contribution in [0.3, 0.4) is 0 Å². The fourth-order valence-electron chi connectivity index (χ4n) is 3.88. The summed E-state index contributed by atoms with van der Waals surface area (Å²) in [7, 11) is 0. The van der Waals surface area contributed by atoms with Crippen LogP contribution in [-0.2, 0) is 9.59 Å². The van der Waals surface area contributed by atoms with E-state index in [0.717, 1.165) is 11.1 Å². The maximum atomic E-state index is 13.5. The summed E-state index contributed by atoms with van der Waals surface area (Å²) in [6, 6.07) is 31.2. The zero-order chi connectivity index (χ0) is 25.1. The van der Waals surface area contributed by atoms with Crippen LogP contribution < -0.4 is 15.0 Å². The average Bonchev–Trinajstić information content (AvgIpc) is 2.88. The van der Waals surface area contributed by atoms with Crippen molar-refractivity contribution in [2.75, 3.05) is 4.90 Å². The molecule has 0 radical (unpaired) electrons. The topological polar surface area (TPSA) is 58.6 Å². The molecule has 0 aliphatic carbocycles. The maximum Gasteiger partial charge on any atom is 0.270 e.